The summed E-state index contributed by atoms with van der Waals surface area (Å²) in [4.78, 5) is 17.8. The molecule has 0 spiro atoms. The minimum atomic E-state index is -3.49. The Kier molecular flexibility index (Phi) is 8.70. The van der Waals surface area contributed by atoms with Gasteiger partial charge < -0.3 is 16.4 Å². The van der Waals surface area contributed by atoms with E-state index in [1.807, 2.05) is 0 Å². The molecule has 7 nitrogen and oxygen atoms in total. The van der Waals surface area contributed by atoms with Crippen LogP contribution in [0.4, 0.5) is 5.69 Å². The maximum absolute atomic E-state index is 12.2. The lowest BCUT2D eigenvalue weighted by molar-refractivity contribution is 0.100. The lowest BCUT2D eigenvalue weighted by Gasteiger charge is -2.30. The Morgan fingerprint density at radius 1 is 1.12 bits per heavy atom. The summed E-state index contributed by atoms with van der Waals surface area (Å²) in [5, 5.41) is 0. The van der Waals surface area contributed by atoms with Gasteiger partial charge in [-0.3, -0.25) is 4.79 Å². The number of nitrogens with zero attached hydrogens (tertiary/aromatic N) is 2. The minimum absolute atomic E-state index is 0. The molecule has 0 aliphatic carbocycles. The van der Waals surface area contributed by atoms with E-state index in [-0.39, 0.29) is 41.2 Å². The zero-order valence-electron chi connectivity index (χ0n) is 14.2. The van der Waals surface area contributed by atoms with Crippen LogP contribution >= 0.6 is 24.8 Å². The van der Waals surface area contributed by atoms with Gasteiger partial charge in [0.05, 0.1) is 10.6 Å². The second-order valence-electron chi connectivity index (χ2n) is 5.80. The van der Waals surface area contributed by atoms with Crippen LogP contribution in [0.15, 0.2) is 22.0 Å². The third kappa shape index (κ3) is 5.76. The predicted octanol–water partition coefficient (Wildman–Crippen LogP) is 1.65. The van der Waals surface area contributed by atoms with Gasteiger partial charge in [0.25, 0.3) is 5.91 Å². The van der Waals surface area contributed by atoms with Gasteiger partial charge in [0.1, 0.15) is 0 Å². The molecule has 0 bridgehead atoms. The summed E-state index contributed by atoms with van der Waals surface area (Å²) in [5.74, 6) is -0.993. The molecule has 0 aromatic heterocycles. The number of piperidine rings is 1. The molecular weight excluding hydrogens is 387 g/mol. The second-order valence-corrected chi connectivity index (χ2v) is 7.78. The van der Waals surface area contributed by atoms with Gasteiger partial charge in [-0.1, -0.05) is 0 Å². The van der Waals surface area contributed by atoms with Crippen LogP contribution in [0.5, 0.6) is 0 Å². The Hall–Kier alpha value is -1.51. The van der Waals surface area contributed by atoms with Crippen molar-refractivity contribution in [1.82, 2.24) is 0 Å². The molecule has 4 N–H and O–H groups in total. The quantitative estimate of drug-likeness (QED) is 0.577. The molecule has 1 aromatic carbocycles. The lowest BCUT2D eigenvalue weighted by Crippen LogP contribution is -2.31. The first-order valence-corrected chi connectivity index (χ1v) is 9.33. The van der Waals surface area contributed by atoms with Crippen molar-refractivity contribution in [1.29, 1.82) is 0 Å². The molecule has 10 heteroatoms. The van der Waals surface area contributed by atoms with E-state index in [0.717, 1.165) is 38.6 Å². The molecule has 0 saturated carbocycles. The number of aryl methyl sites for hydroxylation is 1. The molecule has 25 heavy (non-hydrogen) atoms. The molecule has 1 saturated heterocycles. The van der Waals surface area contributed by atoms with Gasteiger partial charge in [-0.25, -0.2) is 8.42 Å². The summed E-state index contributed by atoms with van der Waals surface area (Å²) in [6, 6.07) is 3.11. The second kappa shape index (κ2) is 9.26. The number of carbonyl (C=O) groups is 1. The maximum Gasteiger partial charge on any atom is 0.280 e. The third-order valence-corrected chi connectivity index (χ3v) is 4.99. The Labute approximate surface area is 160 Å². The fraction of sp³-hybridized carbons (Fsp3) is 0.467. The van der Waals surface area contributed by atoms with Gasteiger partial charge in [0.15, 0.2) is 15.8 Å². The molecule has 1 fully saturated rings. The summed E-state index contributed by atoms with van der Waals surface area (Å²) in [6.07, 6.45) is 4.33. The molecule has 1 heterocycles. The highest BCUT2D eigenvalue weighted by atomic mass is 35.5. The smallest absolute Gasteiger partial charge is 0.280 e. The van der Waals surface area contributed by atoms with Crippen LogP contribution in [0.25, 0.3) is 0 Å². The van der Waals surface area contributed by atoms with Crippen molar-refractivity contribution in [2.75, 3.05) is 24.2 Å². The van der Waals surface area contributed by atoms with Crippen LogP contribution in [0.1, 0.15) is 35.2 Å². The number of carbonyl (C=O) groups excluding carboxylic acids is 1. The van der Waals surface area contributed by atoms with E-state index >= 15 is 0 Å². The number of aliphatic imine (C=N–C) groups is 1. The molecular formula is C15H24Cl2N4O3S. The van der Waals surface area contributed by atoms with E-state index in [1.54, 1.807) is 13.0 Å². The average molecular weight is 411 g/mol. The summed E-state index contributed by atoms with van der Waals surface area (Å²) in [7, 11) is -3.49. The van der Waals surface area contributed by atoms with Crippen molar-refractivity contribution in [2.24, 2.45) is 16.5 Å². The molecule has 142 valence electrons. The third-order valence-electron chi connectivity index (χ3n) is 3.86. The highest BCUT2D eigenvalue weighted by molar-refractivity contribution is 7.90. The largest absolute Gasteiger partial charge is 0.370 e. The number of guanidine groups is 1. The van der Waals surface area contributed by atoms with Crippen molar-refractivity contribution in [3.05, 3.63) is 23.3 Å². The number of benzene rings is 1. The SMILES string of the molecule is Cc1cc(N2CCCCC2)c(S(C)(=O)=O)cc1C(=O)N=C(N)N.Cl.Cl. The highest BCUT2D eigenvalue weighted by Crippen LogP contribution is 2.31. The number of nitrogens with two attached hydrogens (primary N) is 2. The Bertz CT molecular complexity index is 756. The number of sulfone groups is 1. The Balaban J connectivity index is 0.00000288. The van der Waals surface area contributed by atoms with Crippen LogP contribution in [-0.2, 0) is 9.84 Å². The van der Waals surface area contributed by atoms with Crippen molar-refractivity contribution >= 4 is 52.2 Å². The zero-order valence-corrected chi connectivity index (χ0v) is 16.6. The number of rotatable bonds is 3. The van der Waals surface area contributed by atoms with Crippen LogP contribution in [0.2, 0.25) is 0 Å². The van der Waals surface area contributed by atoms with Crippen molar-refractivity contribution in [2.45, 2.75) is 31.1 Å². The molecule has 1 amide bonds. The summed E-state index contributed by atoms with van der Waals surface area (Å²) in [6.45, 7) is 3.36. The average Bonchev–Trinajstić information content (AvgIpc) is 2.45. The number of hydrogen-bond acceptors (Lipinski definition) is 4. The number of hydrogen-bond donors (Lipinski definition) is 2. The van der Waals surface area contributed by atoms with Crippen molar-refractivity contribution in [3.8, 4) is 0 Å². The number of anilines is 1. The molecule has 0 radical (unpaired) electrons. The molecule has 1 aliphatic rings. The van der Waals surface area contributed by atoms with E-state index in [1.165, 1.54) is 6.07 Å². The summed E-state index contributed by atoms with van der Waals surface area (Å²) < 4.78 is 24.4. The van der Waals surface area contributed by atoms with Crippen LogP contribution in [-0.4, -0.2) is 39.6 Å². The van der Waals surface area contributed by atoms with Crippen LogP contribution in [0.3, 0.4) is 0 Å². The topological polar surface area (TPSA) is 119 Å². The fourth-order valence-corrected chi connectivity index (χ4v) is 3.66. The predicted molar refractivity (Wildman–Crippen MR) is 105 cm³/mol. The zero-order chi connectivity index (χ0) is 17.2. The van der Waals surface area contributed by atoms with E-state index < -0.39 is 15.7 Å². The molecule has 1 aliphatic heterocycles. The fourth-order valence-electron chi connectivity index (χ4n) is 2.76. The molecule has 1 aromatic rings. The van der Waals surface area contributed by atoms with Crippen LogP contribution in [0, 0.1) is 6.92 Å². The van der Waals surface area contributed by atoms with Gasteiger partial charge in [0, 0.05) is 24.9 Å². The van der Waals surface area contributed by atoms with Gasteiger partial charge in [0.2, 0.25) is 0 Å². The molecule has 0 unspecified atom stereocenters. The molecule has 0 atom stereocenters. The highest BCUT2D eigenvalue weighted by Gasteiger charge is 2.23. The van der Waals surface area contributed by atoms with E-state index in [9.17, 15) is 13.2 Å². The van der Waals surface area contributed by atoms with Crippen molar-refractivity contribution < 1.29 is 13.2 Å². The van der Waals surface area contributed by atoms with Gasteiger partial charge in [-0.15, -0.1) is 24.8 Å². The molecule has 2 rings (SSSR count). The van der Waals surface area contributed by atoms with E-state index in [0.29, 0.717) is 11.3 Å². The van der Waals surface area contributed by atoms with Crippen molar-refractivity contribution in [3.63, 3.8) is 0 Å². The first-order chi connectivity index (χ1) is 10.7. The summed E-state index contributed by atoms with van der Waals surface area (Å²) >= 11 is 0. The first-order valence-electron chi connectivity index (χ1n) is 7.44. The van der Waals surface area contributed by atoms with Gasteiger partial charge in [-0.05, 0) is 43.9 Å². The normalized spacial score (nSPS) is 14.1. The Morgan fingerprint density at radius 2 is 1.68 bits per heavy atom. The minimum Gasteiger partial charge on any atom is -0.370 e. The van der Waals surface area contributed by atoms with E-state index in [4.69, 9.17) is 11.5 Å². The first kappa shape index (κ1) is 23.5. The lowest BCUT2D eigenvalue weighted by atomic mass is 10.0. The maximum atomic E-state index is 12.2. The standard InChI is InChI=1S/C15H22N4O3S.2ClH/c1-10-8-12(19-6-4-3-5-7-19)13(23(2,21)22)9-11(10)14(20)18-15(16)17;;/h8-9H,3-7H2,1-2H3,(H4,16,17,18,20);2*1H. The van der Waals surface area contributed by atoms with Gasteiger partial charge >= 0.3 is 0 Å². The number of halogens is 2. The summed E-state index contributed by atoms with van der Waals surface area (Å²) in [5.41, 5.74) is 11.9. The van der Waals surface area contributed by atoms with Gasteiger partial charge in [-0.2, -0.15) is 4.99 Å². The Morgan fingerprint density at radius 3 is 2.16 bits per heavy atom. The monoisotopic (exact) mass is 410 g/mol. The van der Waals surface area contributed by atoms with Crippen LogP contribution < -0.4 is 16.4 Å². The number of amides is 1. The van der Waals surface area contributed by atoms with E-state index in [2.05, 4.69) is 9.89 Å².